The number of nitrogens with zero attached hydrogens (tertiary/aromatic N) is 1. The zero-order valence-electron chi connectivity index (χ0n) is 9.69. The quantitative estimate of drug-likeness (QED) is 0.885. The van der Waals surface area contributed by atoms with Crippen molar-refractivity contribution < 1.29 is 18.7 Å². The molecule has 0 unspecified atom stereocenters. The molecule has 2 rings (SSSR count). The monoisotopic (exact) mass is 284 g/mol. The number of carboxylic acids is 1. The van der Waals surface area contributed by atoms with E-state index in [2.05, 4.69) is 10.3 Å². The van der Waals surface area contributed by atoms with Crippen molar-refractivity contribution in [1.29, 1.82) is 0 Å². The van der Waals surface area contributed by atoms with Crippen LogP contribution in [0.25, 0.3) is 0 Å². The molecule has 2 N–H and O–H groups in total. The number of thiazole rings is 1. The van der Waals surface area contributed by atoms with E-state index in [-0.39, 0.29) is 12.1 Å². The highest BCUT2D eigenvalue weighted by Gasteiger charge is 2.08. The van der Waals surface area contributed by atoms with Gasteiger partial charge in [-0.3, -0.25) is 4.79 Å². The first-order valence-electron chi connectivity index (χ1n) is 5.43. The molecule has 0 aliphatic heterocycles. The number of nitrogens with one attached hydrogen (secondary N) is 1. The molecule has 1 heterocycles. The van der Waals surface area contributed by atoms with Crippen LogP contribution in [0, 0.1) is 11.6 Å². The molecule has 0 fully saturated rings. The van der Waals surface area contributed by atoms with Gasteiger partial charge >= 0.3 is 5.97 Å². The summed E-state index contributed by atoms with van der Waals surface area (Å²) in [6.45, 7) is 0. The Hall–Kier alpha value is -2.02. The highest BCUT2D eigenvalue weighted by Crippen LogP contribution is 2.24. The van der Waals surface area contributed by atoms with Gasteiger partial charge < -0.3 is 10.4 Å². The van der Waals surface area contributed by atoms with Crippen molar-refractivity contribution in [3.8, 4) is 0 Å². The van der Waals surface area contributed by atoms with E-state index in [4.69, 9.17) is 5.11 Å². The third-order valence-corrected chi connectivity index (χ3v) is 3.12. The van der Waals surface area contributed by atoms with Crippen molar-refractivity contribution in [1.82, 2.24) is 4.98 Å². The summed E-state index contributed by atoms with van der Waals surface area (Å²) in [5, 5.41) is 13.3. The van der Waals surface area contributed by atoms with Gasteiger partial charge in [0.2, 0.25) is 0 Å². The summed E-state index contributed by atoms with van der Waals surface area (Å²) in [4.78, 5) is 14.5. The molecule has 19 heavy (non-hydrogen) atoms. The highest BCUT2D eigenvalue weighted by molar-refractivity contribution is 7.13. The number of aromatic nitrogens is 1. The van der Waals surface area contributed by atoms with Crippen molar-refractivity contribution in [2.75, 3.05) is 5.32 Å². The second-order valence-electron chi connectivity index (χ2n) is 3.79. The number of hydrogen-bond acceptors (Lipinski definition) is 4. The van der Waals surface area contributed by atoms with Gasteiger partial charge in [-0.1, -0.05) is 0 Å². The summed E-state index contributed by atoms with van der Waals surface area (Å²) in [6.07, 6.45) is 0.288. The lowest BCUT2D eigenvalue weighted by Gasteiger charge is -2.03. The van der Waals surface area contributed by atoms with Crippen LogP contribution < -0.4 is 5.32 Å². The number of hydrogen-bond donors (Lipinski definition) is 2. The summed E-state index contributed by atoms with van der Waals surface area (Å²) < 4.78 is 26.4. The molecule has 1 aromatic carbocycles. The Bertz CT molecular complexity index is 601. The van der Waals surface area contributed by atoms with E-state index < -0.39 is 17.6 Å². The van der Waals surface area contributed by atoms with Crippen molar-refractivity contribution in [3.63, 3.8) is 0 Å². The molecule has 4 nitrogen and oxygen atoms in total. The molecule has 0 saturated carbocycles. The molecule has 1 aromatic heterocycles. The molecule has 0 spiro atoms. The van der Waals surface area contributed by atoms with Crippen LogP contribution in [0.2, 0.25) is 0 Å². The topological polar surface area (TPSA) is 62.2 Å². The van der Waals surface area contributed by atoms with Gasteiger partial charge in [-0.25, -0.2) is 13.8 Å². The maximum absolute atomic E-state index is 13.4. The minimum absolute atomic E-state index is 0.000801. The Kier molecular flexibility index (Phi) is 4.06. The van der Waals surface area contributed by atoms with Crippen molar-refractivity contribution in [2.24, 2.45) is 0 Å². The Labute approximate surface area is 111 Å². The van der Waals surface area contributed by atoms with Crippen LogP contribution in [0.4, 0.5) is 19.6 Å². The standard InChI is InChI=1S/C12H10F2N2O2S/c13-7-1-3-9(14)10(5-7)16-12-15-8(6-19-12)2-4-11(17)18/h1,3,5-6H,2,4H2,(H,15,16)(H,17,18). The fraction of sp³-hybridized carbons (Fsp3) is 0.167. The summed E-state index contributed by atoms with van der Waals surface area (Å²) in [5.41, 5.74) is 0.603. The number of carboxylic acid groups (broad SMARTS) is 1. The second kappa shape index (κ2) is 5.75. The SMILES string of the molecule is O=C(O)CCc1csc(Nc2cc(F)ccc2F)n1. The van der Waals surface area contributed by atoms with E-state index in [0.717, 1.165) is 18.2 Å². The van der Waals surface area contributed by atoms with E-state index >= 15 is 0 Å². The smallest absolute Gasteiger partial charge is 0.303 e. The number of rotatable bonds is 5. The van der Waals surface area contributed by atoms with E-state index in [1.165, 1.54) is 11.3 Å². The average Bonchev–Trinajstić information content (AvgIpc) is 2.79. The molecular weight excluding hydrogens is 274 g/mol. The zero-order chi connectivity index (χ0) is 13.8. The molecule has 0 saturated heterocycles. The summed E-state index contributed by atoms with van der Waals surface area (Å²) in [7, 11) is 0. The number of carbonyl (C=O) groups is 1. The van der Waals surface area contributed by atoms with Crippen LogP contribution in [0.15, 0.2) is 23.6 Å². The number of halogens is 2. The lowest BCUT2D eigenvalue weighted by molar-refractivity contribution is -0.136. The molecule has 0 aliphatic rings. The first-order valence-corrected chi connectivity index (χ1v) is 6.31. The zero-order valence-corrected chi connectivity index (χ0v) is 10.5. The van der Waals surface area contributed by atoms with Crippen molar-refractivity contribution >= 4 is 28.1 Å². The van der Waals surface area contributed by atoms with Gasteiger partial charge in [0.1, 0.15) is 11.6 Å². The van der Waals surface area contributed by atoms with E-state index in [1.54, 1.807) is 5.38 Å². The van der Waals surface area contributed by atoms with E-state index in [1.807, 2.05) is 0 Å². The second-order valence-corrected chi connectivity index (χ2v) is 4.65. The lowest BCUT2D eigenvalue weighted by Crippen LogP contribution is -1.98. The minimum atomic E-state index is -0.904. The highest BCUT2D eigenvalue weighted by atomic mass is 32.1. The molecule has 0 bridgehead atoms. The number of aliphatic carboxylic acids is 1. The first kappa shape index (κ1) is 13.4. The van der Waals surface area contributed by atoms with Crippen LogP contribution in [0.1, 0.15) is 12.1 Å². The van der Waals surface area contributed by atoms with Gasteiger partial charge in [-0.05, 0) is 12.1 Å². The van der Waals surface area contributed by atoms with E-state index in [0.29, 0.717) is 17.2 Å². The Morgan fingerprint density at radius 2 is 2.21 bits per heavy atom. The van der Waals surface area contributed by atoms with Gasteiger partial charge in [-0.15, -0.1) is 11.3 Å². The largest absolute Gasteiger partial charge is 0.481 e. The first-order chi connectivity index (χ1) is 9.04. The Morgan fingerprint density at radius 1 is 1.42 bits per heavy atom. The lowest BCUT2D eigenvalue weighted by atomic mass is 10.2. The van der Waals surface area contributed by atoms with Crippen LogP contribution in [0.5, 0.6) is 0 Å². The Morgan fingerprint density at radius 3 is 2.95 bits per heavy atom. The van der Waals surface area contributed by atoms with Gasteiger partial charge in [-0.2, -0.15) is 0 Å². The summed E-state index contributed by atoms with van der Waals surface area (Å²) >= 11 is 1.21. The molecule has 7 heteroatoms. The number of anilines is 2. The Balaban J connectivity index is 2.07. The predicted molar refractivity (Wildman–Crippen MR) is 67.7 cm³/mol. The van der Waals surface area contributed by atoms with Gasteiger partial charge in [0.05, 0.1) is 17.8 Å². The molecule has 0 aliphatic carbocycles. The fourth-order valence-electron chi connectivity index (χ4n) is 1.42. The molecule has 0 amide bonds. The summed E-state index contributed by atoms with van der Waals surface area (Å²) in [6, 6.07) is 3.09. The van der Waals surface area contributed by atoms with E-state index in [9.17, 15) is 13.6 Å². The van der Waals surface area contributed by atoms with Gasteiger partial charge in [0, 0.05) is 17.9 Å². The summed E-state index contributed by atoms with van der Waals surface area (Å²) in [5.74, 6) is -2.03. The van der Waals surface area contributed by atoms with Crippen molar-refractivity contribution in [3.05, 3.63) is 40.9 Å². The predicted octanol–water partition coefficient (Wildman–Crippen LogP) is 3.18. The number of benzene rings is 1. The third kappa shape index (κ3) is 3.72. The average molecular weight is 284 g/mol. The van der Waals surface area contributed by atoms with Crippen molar-refractivity contribution in [2.45, 2.75) is 12.8 Å². The maximum atomic E-state index is 13.4. The fourth-order valence-corrected chi connectivity index (χ4v) is 2.18. The van der Waals surface area contributed by atoms with Crippen LogP contribution in [-0.2, 0) is 11.2 Å². The molecule has 0 radical (unpaired) electrons. The van der Waals surface area contributed by atoms with Crippen LogP contribution in [-0.4, -0.2) is 16.1 Å². The van der Waals surface area contributed by atoms with Gasteiger partial charge in [0.15, 0.2) is 5.13 Å². The van der Waals surface area contributed by atoms with Crippen LogP contribution in [0.3, 0.4) is 0 Å². The molecular formula is C12H10F2N2O2S. The molecule has 2 aromatic rings. The minimum Gasteiger partial charge on any atom is -0.481 e. The third-order valence-electron chi connectivity index (χ3n) is 2.32. The maximum Gasteiger partial charge on any atom is 0.303 e. The molecule has 0 atom stereocenters. The normalized spacial score (nSPS) is 10.4. The number of aryl methyl sites for hydroxylation is 1. The molecule has 100 valence electrons. The van der Waals surface area contributed by atoms with Gasteiger partial charge in [0.25, 0.3) is 0 Å². The van der Waals surface area contributed by atoms with Crippen LogP contribution >= 0.6 is 11.3 Å².